The number of methoxy groups -OCH3 is 1. The molecule has 0 aromatic heterocycles. The minimum Gasteiger partial charge on any atom is -0.507 e. The summed E-state index contributed by atoms with van der Waals surface area (Å²) < 4.78 is 18.7. The number of hydrogen-bond acceptors (Lipinski definition) is 4. The first-order valence-electron chi connectivity index (χ1n) is 6.81. The van der Waals surface area contributed by atoms with Gasteiger partial charge in [-0.15, -0.1) is 0 Å². The second-order valence-corrected chi connectivity index (χ2v) is 5.18. The van der Waals surface area contributed by atoms with Crippen LogP contribution in [0.25, 0.3) is 0 Å². The summed E-state index contributed by atoms with van der Waals surface area (Å²) in [6, 6.07) is 2.94. The zero-order valence-corrected chi connectivity index (χ0v) is 12.2. The van der Waals surface area contributed by atoms with Gasteiger partial charge in [-0.2, -0.15) is 0 Å². The highest BCUT2D eigenvalue weighted by molar-refractivity contribution is 6.03. The van der Waals surface area contributed by atoms with Gasteiger partial charge in [0.25, 0.3) is 0 Å². The van der Waals surface area contributed by atoms with E-state index in [0.717, 1.165) is 13.0 Å². The van der Waals surface area contributed by atoms with E-state index in [4.69, 9.17) is 4.74 Å². The molecule has 1 unspecified atom stereocenters. The molecule has 20 heavy (non-hydrogen) atoms. The largest absolute Gasteiger partial charge is 0.507 e. The van der Waals surface area contributed by atoms with Gasteiger partial charge in [0.1, 0.15) is 5.75 Å². The number of halogens is 1. The molecule has 4 nitrogen and oxygen atoms in total. The van der Waals surface area contributed by atoms with Gasteiger partial charge in [0.15, 0.2) is 11.6 Å². The molecule has 1 aliphatic rings. The van der Waals surface area contributed by atoms with Gasteiger partial charge in [0.2, 0.25) is 0 Å². The van der Waals surface area contributed by atoms with Crippen LogP contribution in [0.15, 0.2) is 17.1 Å². The van der Waals surface area contributed by atoms with Crippen LogP contribution in [0.5, 0.6) is 11.5 Å². The van der Waals surface area contributed by atoms with Gasteiger partial charge >= 0.3 is 0 Å². The maximum absolute atomic E-state index is 13.7. The van der Waals surface area contributed by atoms with Crippen LogP contribution >= 0.6 is 0 Å². The Labute approximate surface area is 118 Å². The monoisotopic (exact) mass is 280 g/mol. The molecule has 1 atom stereocenters. The quantitative estimate of drug-likeness (QED) is 0.862. The fourth-order valence-electron chi connectivity index (χ4n) is 2.63. The Hall–Kier alpha value is -1.62. The average molecular weight is 280 g/mol. The Balaban J connectivity index is 2.24. The van der Waals surface area contributed by atoms with Crippen LogP contribution in [0.4, 0.5) is 4.39 Å². The van der Waals surface area contributed by atoms with Gasteiger partial charge in [-0.3, -0.25) is 4.99 Å². The fraction of sp³-hybridized carbons (Fsp3) is 0.533. The number of phenolic OH excluding ortho intramolecular Hbond substituents is 1. The summed E-state index contributed by atoms with van der Waals surface area (Å²) in [6.45, 7) is 3.52. The van der Waals surface area contributed by atoms with E-state index >= 15 is 0 Å². The molecule has 0 saturated carbocycles. The molecule has 5 heteroatoms. The Morgan fingerprint density at radius 1 is 1.55 bits per heavy atom. The lowest BCUT2D eigenvalue weighted by Crippen LogP contribution is -2.27. The highest BCUT2D eigenvalue weighted by Crippen LogP contribution is 2.31. The van der Waals surface area contributed by atoms with Gasteiger partial charge in [0, 0.05) is 11.8 Å². The van der Waals surface area contributed by atoms with Crippen LogP contribution in [0, 0.1) is 5.82 Å². The molecule has 0 amide bonds. The number of ether oxygens (including phenoxy) is 1. The summed E-state index contributed by atoms with van der Waals surface area (Å²) >= 11 is 0. The first-order valence-corrected chi connectivity index (χ1v) is 6.81. The summed E-state index contributed by atoms with van der Waals surface area (Å²) in [4.78, 5) is 6.78. The molecule has 110 valence electrons. The lowest BCUT2D eigenvalue weighted by molar-refractivity contribution is 0.317. The normalized spacial score (nSPS) is 20.4. The summed E-state index contributed by atoms with van der Waals surface area (Å²) in [5.41, 5.74) is 0.937. The number of likely N-dealkylation sites (tertiary alicyclic amines) is 1. The number of aromatic hydroxyl groups is 1. The van der Waals surface area contributed by atoms with E-state index in [2.05, 4.69) is 16.9 Å². The molecular formula is C15H21FN2O2. The maximum atomic E-state index is 13.7. The van der Waals surface area contributed by atoms with Crippen LogP contribution in [-0.4, -0.2) is 49.0 Å². The van der Waals surface area contributed by atoms with E-state index in [1.807, 2.05) is 0 Å². The van der Waals surface area contributed by atoms with E-state index in [1.165, 1.54) is 25.7 Å². The third kappa shape index (κ3) is 2.93. The highest BCUT2D eigenvalue weighted by atomic mass is 19.1. The molecule has 1 aromatic rings. The predicted molar refractivity (Wildman–Crippen MR) is 77.3 cm³/mol. The second kappa shape index (κ2) is 6.22. The van der Waals surface area contributed by atoms with Crippen LogP contribution in [0.2, 0.25) is 0 Å². The van der Waals surface area contributed by atoms with Gasteiger partial charge in [-0.05, 0) is 45.5 Å². The van der Waals surface area contributed by atoms with Crippen molar-refractivity contribution in [1.82, 2.24) is 4.90 Å². The number of rotatable bonds is 4. The van der Waals surface area contributed by atoms with Crippen molar-refractivity contribution in [3.05, 3.63) is 23.5 Å². The summed E-state index contributed by atoms with van der Waals surface area (Å²) in [7, 11) is 3.47. The zero-order chi connectivity index (χ0) is 14.7. The van der Waals surface area contributed by atoms with Crippen molar-refractivity contribution >= 4 is 5.71 Å². The SMILES string of the molecule is COc1c(F)ccc(O)c1/C(C)=N/CC1CCCN1C. The molecule has 0 bridgehead atoms. The molecule has 0 spiro atoms. The number of aliphatic imine (C=N–C) groups is 1. The first kappa shape index (κ1) is 14.8. The van der Waals surface area contributed by atoms with Crippen molar-refractivity contribution in [3.8, 4) is 11.5 Å². The van der Waals surface area contributed by atoms with Gasteiger partial charge in [-0.1, -0.05) is 0 Å². The van der Waals surface area contributed by atoms with E-state index in [0.29, 0.717) is 23.9 Å². The van der Waals surface area contributed by atoms with Gasteiger partial charge < -0.3 is 14.7 Å². The van der Waals surface area contributed by atoms with Crippen molar-refractivity contribution in [2.45, 2.75) is 25.8 Å². The van der Waals surface area contributed by atoms with Gasteiger partial charge in [-0.25, -0.2) is 4.39 Å². The van der Waals surface area contributed by atoms with Crippen LogP contribution < -0.4 is 4.74 Å². The van der Waals surface area contributed by atoms with Crippen molar-refractivity contribution in [1.29, 1.82) is 0 Å². The third-order valence-corrected chi connectivity index (χ3v) is 3.86. The Bertz CT molecular complexity index is 517. The summed E-state index contributed by atoms with van der Waals surface area (Å²) in [5, 5.41) is 9.92. The van der Waals surface area contributed by atoms with Crippen molar-refractivity contribution in [2.75, 3.05) is 27.2 Å². The van der Waals surface area contributed by atoms with E-state index in [-0.39, 0.29) is 11.5 Å². The van der Waals surface area contributed by atoms with Crippen LogP contribution in [0.3, 0.4) is 0 Å². The van der Waals surface area contributed by atoms with Crippen LogP contribution in [-0.2, 0) is 0 Å². The highest BCUT2D eigenvalue weighted by Gasteiger charge is 2.21. The Morgan fingerprint density at radius 3 is 2.90 bits per heavy atom. The molecule has 1 aromatic carbocycles. The zero-order valence-electron chi connectivity index (χ0n) is 12.2. The van der Waals surface area contributed by atoms with E-state index in [9.17, 15) is 9.50 Å². The molecule has 0 aliphatic carbocycles. The third-order valence-electron chi connectivity index (χ3n) is 3.86. The smallest absolute Gasteiger partial charge is 0.167 e. The van der Waals surface area contributed by atoms with Crippen LogP contribution in [0.1, 0.15) is 25.3 Å². The molecule has 1 heterocycles. The number of phenols is 1. The average Bonchev–Trinajstić information content (AvgIpc) is 2.83. The predicted octanol–water partition coefficient (Wildman–Crippen LogP) is 2.44. The molecular weight excluding hydrogens is 259 g/mol. The van der Waals surface area contributed by atoms with Gasteiger partial charge in [0.05, 0.1) is 19.2 Å². The number of nitrogens with zero attached hydrogens (tertiary/aromatic N) is 2. The molecule has 1 saturated heterocycles. The molecule has 1 aliphatic heterocycles. The van der Waals surface area contributed by atoms with Crippen molar-refractivity contribution < 1.29 is 14.2 Å². The minimum absolute atomic E-state index is 0.00993. The minimum atomic E-state index is -0.493. The molecule has 2 rings (SSSR count). The molecule has 1 N–H and O–H groups in total. The number of likely N-dealkylation sites (N-methyl/N-ethyl adjacent to an activating group) is 1. The summed E-state index contributed by atoms with van der Waals surface area (Å²) in [5.74, 6) is -0.455. The first-order chi connectivity index (χ1) is 9.54. The lowest BCUT2D eigenvalue weighted by atomic mass is 10.1. The Kier molecular flexibility index (Phi) is 4.60. The number of hydrogen-bond donors (Lipinski definition) is 1. The lowest BCUT2D eigenvalue weighted by Gasteiger charge is -2.18. The molecule has 1 fully saturated rings. The maximum Gasteiger partial charge on any atom is 0.167 e. The van der Waals surface area contributed by atoms with E-state index in [1.54, 1.807) is 6.92 Å². The second-order valence-electron chi connectivity index (χ2n) is 5.18. The number of benzene rings is 1. The fourth-order valence-corrected chi connectivity index (χ4v) is 2.63. The summed E-state index contributed by atoms with van der Waals surface area (Å²) in [6.07, 6.45) is 2.31. The molecule has 0 radical (unpaired) electrons. The van der Waals surface area contributed by atoms with E-state index < -0.39 is 5.82 Å². The standard InChI is InChI=1S/C15H21FN2O2/c1-10(17-9-11-5-4-8-18(11)2)14-13(19)7-6-12(16)15(14)20-3/h6-7,11,19H,4-5,8-9H2,1-3H3/b17-10+. The Morgan fingerprint density at radius 2 is 2.30 bits per heavy atom. The van der Waals surface area contributed by atoms with Crippen molar-refractivity contribution in [2.24, 2.45) is 4.99 Å². The topological polar surface area (TPSA) is 45.1 Å². The van der Waals surface area contributed by atoms with Crippen molar-refractivity contribution in [3.63, 3.8) is 0 Å².